The SMILES string of the molecule is COc1ccc(CN2CC(c3ccccc3C(C)C)N(C3CC4(CCN(C(C)(C)C)CC4)C3)CC2C)cc1. The molecule has 4 nitrogen and oxygen atoms in total. The van der Waals surface area contributed by atoms with Gasteiger partial charge in [0.1, 0.15) is 5.75 Å². The molecule has 208 valence electrons. The van der Waals surface area contributed by atoms with Crippen LogP contribution in [0.2, 0.25) is 0 Å². The van der Waals surface area contributed by atoms with Crippen molar-refractivity contribution < 1.29 is 4.74 Å². The maximum absolute atomic E-state index is 5.40. The summed E-state index contributed by atoms with van der Waals surface area (Å²) in [6.45, 7) is 20.0. The minimum atomic E-state index is 0.298. The van der Waals surface area contributed by atoms with Crippen LogP contribution >= 0.6 is 0 Å². The Bertz CT molecular complexity index is 1060. The lowest BCUT2D eigenvalue weighted by atomic mass is 9.59. The summed E-state index contributed by atoms with van der Waals surface area (Å²) in [5, 5.41) is 0. The monoisotopic (exact) mass is 517 g/mol. The molecular formula is C34H51N3O. The summed E-state index contributed by atoms with van der Waals surface area (Å²) in [6, 6.07) is 19.6. The highest BCUT2D eigenvalue weighted by Crippen LogP contribution is 2.53. The zero-order valence-corrected chi connectivity index (χ0v) is 25.0. The zero-order valence-electron chi connectivity index (χ0n) is 25.0. The normalized spacial score (nSPS) is 25.6. The van der Waals surface area contributed by atoms with E-state index in [1.165, 1.54) is 49.9 Å². The van der Waals surface area contributed by atoms with Crippen molar-refractivity contribution in [1.82, 2.24) is 14.7 Å². The van der Waals surface area contributed by atoms with Gasteiger partial charge < -0.3 is 4.74 Å². The van der Waals surface area contributed by atoms with Crippen LogP contribution in [0.5, 0.6) is 5.75 Å². The average Bonchev–Trinajstić information content (AvgIpc) is 2.88. The largest absolute Gasteiger partial charge is 0.497 e. The van der Waals surface area contributed by atoms with Crippen LogP contribution in [-0.4, -0.2) is 65.6 Å². The molecule has 1 spiro atoms. The summed E-state index contributed by atoms with van der Waals surface area (Å²) in [5.41, 5.74) is 5.33. The average molecular weight is 518 g/mol. The number of benzene rings is 2. The molecule has 0 amide bonds. The number of piperidine rings is 1. The molecule has 2 aromatic rings. The highest BCUT2D eigenvalue weighted by molar-refractivity contribution is 5.34. The summed E-state index contributed by atoms with van der Waals surface area (Å²) < 4.78 is 5.40. The summed E-state index contributed by atoms with van der Waals surface area (Å²) in [4.78, 5) is 8.35. The molecule has 3 fully saturated rings. The van der Waals surface area contributed by atoms with E-state index in [1.807, 2.05) is 0 Å². The predicted molar refractivity (Wildman–Crippen MR) is 159 cm³/mol. The molecule has 0 aromatic heterocycles. The molecule has 5 rings (SSSR count). The molecule has 0 N–H and O–H groups in total. The van der Waals surface area contributed by atoms with Crippen molar-refractivity contribution in [3.8, 4) is 5.75 Å². The van der Waals surface area contributed by atoms with Crippen LogP contribution < -0.4 is 4.74 Å². The van der Waals surface area contributed by atoms with Gasteiger partial charge in [0, 0.05) is 43.3 Å². The second-order valence-electron chi connectivity index (χ2n) is 13.8. The first-order chi connectivity index (χ1) is 18.1. The summed E-state index contributed by atoms with van der Waals surface area (Å²) >= 11 is 0. The molecule has 2 aliphatic heterocycles. The minimum Gasteiger partial charge on any atom is -0.497 e. The Kier molecular flexibility index (Phi) is 7.97. The molecule has 4 heteroatoms. The molecule has 2 saturated heterocycles. The van der Waals surface area contributed by atoms with E-state index in [9.17, 15) is 0 Å². The molecular weight excluding hydrogens is 466 g/mol. The first-order valence-corrected chi connectivity index (χ1v) is 15.1. The van der Waals surface area contributed by atoms with Crippen LogP contribution in [-0.2, 0) is 6.54 Å². The Balaban J connectivity index is 1.34. The maximum atomic E-state index is 5.40. The van der Waals surface area contributed by atoms with Crippen molar-refractivity contribution in [1.29, 1.82) is 0 Å². The van der Waals surface area contributed by atoms with Crippen LogP contribution in [0.4, 0.5) is 0 Å². The van der Waals surface area contributed by atoms with Crippen molar-refractivity contribution in [2.75, 3.05) is 33.3 Å². The van der Waals surface area contributed by atoms with E-state index in [4.69, 9.17) is 4.74 Å². The van der Waals surface area contributed by atoms with Gasteiger partial charge in [-0.2, -0.15) is 0 Å². The second-order valence-corrected chi connectivity index (χ2v) is 13.8. The minimum absolute atomic E-state index is 0.298. The Morgan fingerprint density at radius 2 is 1.61 bits per heavy atom. The number of ether oxygens (including phenoxy) is 1. The van der Waals surface area contributed by atoms with Crippen molar-refractivity contribution in [2.45, 2.75) is 103 Å². The van der Waals surface area contributed by atoms with Gasteiger partial charge in [-0.1, -0.05) is 50.2 Å². The van der Waals surface area contributed by atoms with E-state index in [-0.39, 0.29) is 0 Å². The van der Waals surface area contributed by atoms with E-state index >= 15 is 0 Å². The molecule has 2 atom stereocenters. The predicted octanol–water partition coefficient (Wildman–Crippen LogP) is 7.11. The van der Waals surface area contributed by atoms with Gasteiger partial charge in [0.25, 0.3) is 0 Å². The van der Waals surface area contributed by atoms with Gasteiger partial charge in [0.2, 0.25) is 0 Å². The first kappa shape index (κ1) is 27.7. The van der Waals surface area contributed by atoms with Crippen molar-refractivity contribution in [3.63, 3.8) is 0 Å². The topological polar surface area (TPSA) is 19.0 Å². The molecule has 1 aliphatic carbocycles. The van der Waals surface area contributed by atoms with Crippen LogP contribution in [0.1, 0.15) is 95.9 Å². The molecule has 2 aromatic carbocycles. The van der Waals surface area contributed by atoms with Crippen molar-refractivity contribution in [2.24, 2.45) is 5.41 Å². The fourth-order valence-corrected chi connectivity index (χ4v) is 7.50. The van der Waals surface area contributed by atoms with Gasteiger partial charge in [0.05, 0.1) is 7.11 Å². The summed E-state index contributed by atoms with van der Waals surface area (Å²) in [6.07, 6.45) is 5.52. The summed E-state index contributed by atoms with van der Waals surface area (Å²) in [5.74, 6) is 1.47. The number of rotatable bonds is 6. The number of piperazine rings is 1. The van der Waals surface area contributed by atoms with Crippen LogP contribution in [0.3, 0.4) is 0 Å². The van der Waals surface area contributed by atoms with Gasteiger partial charge in [-0.25, -0.2) is 0 Å². The van der Waals surface area contributed by atoms with Gasteiger partial charge in [-0.05, 0) is 107 Å². The lowest BCUT2D eigenvalue weighted by molar-refractivity contribution is -0.0952. The number of hydrogen-bond acceptors (Lipinski definition) is 4. The molecule has 1 saturated carbocycles. The molecule has 38 heavy (non-hydrogen) atoms. The van der Waals surface area contributed by atoms with Crippen LogP contribution in [0.15, 0.2) is 48.5 Å². The number of nitrogens with zero attached hydrogens (tertiary/aromatic N) is 3. The van der Waals surface area contributed by atoms with Crippen molar-refractivity contribution >= 4 is 0 Å². The Morgan fingerprint density at radius 3 is 2.21 bits per heavy atom. The zero-order chi connectivity index (χ0) is 27.1. The number of hydrogen-bond donors (Lipinski definition) is 0. The van der Waals surface area contributed by atoms with Gasteiger partial charge in [0.15, 0.2) is 0 Å². The molecule has 2 unspecified atom stereocenters. The fourth-order valence-electron chi connectivity index (χ4n) is 7.50. The Labute approximate surface area is 232 Å². The Hall–Kier alpha value is -1.88. The molecule has 3 aliphatic rings. The molecule has 0 bridgehead atoms. The summed E-state index contributed by atoms with van der Waals surface area (Å²) in [7, 11) is 1.74. The lowest BCUT2D eigenvalue weighted by Crippen LogP contribution is -2.62. The Morgan fingerprint density at radius 1 is 0.947 bits per heavy atom. The number of likely N-dealkylation sites (tertiary alicyclic amines) is 1. The van der Waals surface area contributed by atoms with Crippen molar-refractivity contribution in [3.05, 3.63) is 65.2 Å². The van der Waals surface area contributed by atoms with Gasteiger partial charge >= 0.3 is 0 Å². The quantitative estimate of drug-likeness (QED) is 0.406. The standard InChI is InChI=1S/C34H51N3O/c1-25(2)30-10-8-9-11-31(30)32-24-35(23-27-12-14-29(38-7)15-13-27)26(3)22-37(32)28-20-34(21-28)16-18-36(19-17-34)33(4,5)6/h8-15,25-26,28,32H,16-24H2,1-7H3. The molecule has 0 radical (unpaired) electrons. The van der Waals surface area contributed by atoms with E-state index < -0.39 is 0 Å². The third-order valence-electron chi connectivity index (χ3n) is 10.0. The lowest BCUT2D eigenvalue weighted by Gasteiger charge is -2.60. The third-order valence-corrected chi connectivity index (χ3v) is 10.0. The van der Waals surface area contributed by atoms with E-state index in [2.05, 4.69) is 105 Å². The van der Waals surface area contributed by atoms with Crippen LogP contribution in [0, 0.1) is 5.41 Å². The third kappa shape index (κ3) is 5.69. The fraction of sp³-hybridized carbons (Fsp3) is 0.647. The van der Waals surface area contributed by atoms with Crippen LogP contribution in [0.25, 0.3) is 0 Å². The highest BCUT2D eigenvalue weighted by Gasteiger charge is 2.51. The number of methoxy groups -OCH3 is 1. The second kappa shape index (κ2) is 10.9. The van der Waals surface area contributed by atoms with E-state index in [0.29, 0.717) is 35.0 Å². The first-order valence-electron chi connectivity index (χ1n) is 15.1. The maximum Gasteiger partial charge on any atom is 0.118 e. The van der Waals surface area contributed by atoms with E-state index in [0.717, 1.165) is 25.4 Å². The van der Waals surface area contributed by atoms with Gasteiger partial charge in [-0.3, -0.25) is 14.7 Å². The smallest absolute Gasteiger partial charge is 0.118 e. The van der Waals surface area contributed by atoms with E-state index in [1.54, 1.807) is 12.7 Å². The van der Waals surface area contributed by atoms with Gasteiger partial charge in [-0.15, -0.1) is 0 Å². The highest BCUT2D eigenvalue weighted by atomic mass is 16.5. The molecule has 2 heterocycles.